The van der Waals surface area contributed by atoms with Crippen molar-refractivity contribution in [3.63, 3.8) is 0 Å². The van der Waals surface area contributed by atoms with Gasteiger partial charge in [-0.25, -0.2) is 4.79 Å². The fourth-order valence-corrected chi connectivity index (χ4v) is 2.30. The van der Waals surface area contributed by atoms with E-state index in [9.17, 15) is 13.2 Å². The average Bonchev–Trinajstić information content (AvgIpc) is 3.13. The van der Waals surface area contributed by atoms with Gasteiger partial charge in [-0.1, -0.05) is 6.07 Å². The summed E-state index contributed by atoms with van der Waals surface area (Å²) in [7, 11) is 6.88. The van der Waals surface area contributed by atoms with Gasteiger partial charge in [0.15, 0.2) is 11.5 Å². The van der Waals surface area contributed by atoms with E-state index in [1.807, 2.05) is 31.3 Å². The molecule has 0 atom stereocenters. The zero-order chi connectivity index (χ0) is 21.3. The summed E-state index contributed by atoms with van der Waals surface area (Å²) in [5.74, 6) is 0.142. The number of halogens is 3. The number of nitrogens with zero attached hydrogens (tertiary/aromatic N) is 1. The van der Waals surface area contributed by atoms with E-state index in [1.54, 1.807) is 27.6 Å². The van der Waals surface area contributed by atoms with Crippen molar-refractivity contribution in [3.05, 3.63) is 41.9 Å². The first-order valence-corrected chi connectivity index (χ1v) is 7.92. The Labute approximate surface area is 160 Å². The van der Waals surface area contributed by atoms with Gasteiger partial charge in [-0.2, -0.15) is 13.2 Å². The van der Waals surface area contributed by atoms with Crippen molar-refractivity contribution in [2.45, 2.75) is 19.3 Å². The number of furan rings is 1. The second-order valence-electron chi connectivity index (χ2n) is 5.55. The molecule has 0 fully saturated rings. The molecule has 0 saturated heterocycles. The predicted octanol–water partition coefficient (Wildman–Crippen LogP) is 3.57. The van der Waals surface area contributed by atoms with E-state index in [0.717, 1.165) is 17.9 Å². The molecule has 156 valence electrons. The van der Waals surface area contributed by atoms with Gasteiger partial charge in [0.2, 0.25) is 5.75 Å². The molecule has 0 saturated carbocycles. The van der Waals surface area contributed by atoms with E-state index in [4.69, 9.17) is 28.5 Å². The van der Waals surface area contributed by atoms with Crippen molar-refractivity contribution in [3.8, 4) is 17.2 Å². The number of hydrogen-bond donors (Lipinski definition) is 1. The minimum Gasteiger partial charge on any atom is -0.493 e. The number of benzene rings is 1. The first-order valence-electron chi connectivity index (χ1n) is 7.92. The van der Waals surface area contributed by atoms with Crippen LogP contribution in [0.25, 0.3) is 0 Å². The first-order chi connectivity index (χ1) is 13.1. The minimum absolute atomic E-state index is 0.615. The second kappa shape index (κ2) is 10.5. The Bertz CT molecular complexity index is 747. The largest absolute Gasteiger partial charge is 0.493 e. The third kappa shape index (κ3) is 6.69. The third-order valence-electron chi connectivity index (χ3n) is 3.47. The Morgan fingerprint density at radius 3 is 2.11 bits per heavy atom. The number of ether oxygens (including phenoxy) is 3. The molecule has 1 heterocycles. The lowest BCUT2D eigenvalue weighted by atomic mass is 10.1. The van der Waals surface area contributed by atoms with Crippen LogP contribution in [0.2, 0.25) is 0 Å². The number of rotatable bonds is 7. The molecule has 0 spiro atoms. The zero-order valence-corrected chi connectivity index (χ0v) is 15.9. The van der Waals surface area contributed by atoms with Crippen LogP contribution in [0.1, 0.15) is 11.3 Å². The molecule has 0 aliphatic heterocycles. The van der Waals surface area contributed by atoms with Crippen LogP contribution in [0.4, 0.5) is 13.2 Å². The Morgan fingerprint density at radius 1 is 1.07 bits per heavy atom. The lowest BCUT2D eigenvalue weighted by molar-refractivity contribution is -0.192. The first kappa shape index (κ1) is 23.2. The van der Waals surface area contributed by atoms with Crippen molar-refractivity contribution in [2.75, 3.05) is 28.4 Å². The standard InChI is InChI=1S/C16H21NO4.C2HF3O2/c1-17(11-13-6-5-9-21-13)10-12-7-8-14(18-2)16(20-4)15(12)19-3;3-2(4,5)1(6)7/h5-9H,10-11H2,1-4H3;(H,6,7). The van der Waals surface area contributed by atoms with E-state index in [0.29, 0.717) is 23.8 Å². The van der Waals surface area contributed by atoms with Crippen LogP contribution >= 0.6 is 0 Å². The molecule has 10 heteroatoms. The summed E-state index contributed by atoms with van der Waals surface area (Å²) >= 11 is 0. The topological polar surface area (TPSA) is 81.4 Å². The number of carboxylic acids is 1. The van der Waals surface area contributed by atoms with Gasteiger partial charge in [-0.3, -0.25) is 4.90 Å². The highest BCUT2D eigenvalue weighted by Crippen LogP contribution is 2.40. The predicted molar refractivity (Wildman–Crippen MR) is 93.7 cm³/mol. The quantitative estimate of drug-likeness (QED) is 0.754. The molecule has 1 aromatic heterocycles. The van der Waals surface area contributed by atoms with Gasteiger partial charge in [0, 0.05) is 12.1 Å². The molecule has 2 aromatic rings. The number of carbonyl (C=O) groups is 1. The summed E-state index contributed by atoms with van der Waals surface area (Å²) in [5.41, 5.74) is 1.03. The summed E-state index contributed by atoms with van der Waals surface area (Å²) < 4.78 is 53.3. The number of hydrogen-bond acceptors (Lipinski definition) is 6. The fourth-order valence-electron chi connectivity index (χ4n) is 2.30. The van der Waals surface area contributed by atoms with Crippen molar-refractivity contribution in [1.29, 1.82) is 0 Å². The van der Waals surface area contributed by atoms with Crippen LogP contribution in [0.3, 0.4) is 0 Å². The highest BCUT2D eigenvalue weighted by Gasteiger charge is 2.38. The van der Waals surface area contributed by atoms with Gasteiger partial charge < -0.3 is 23.7 Å². The van der Waals surface area contributed by atoms with E-state index in [1.165, 1.54) is 0 Å². The molecule has 1 aromatic carbocycles. The average molecular weight is 405 g/mol. The Hall–Kier alpha value is -2.88. The summed E-state index contributed by atoms with van der Waals surface area (Å²) in [6.07, 6.45) is -3.40. The van der Waals surface area contributed by atoms with Gasteiger partial charge in [-0.05, 0) is 25.2 Å². The summed E-state index contributed by atoms with van der Waals surface area (Å²) in [6, 6.07) is 7.72. The van der Waals surface area contributed by atoms with Crippen LogP contribution in [-0.2, 0) is 17.9 Å². The summed E-state index contributed by atoms with van der Waals surface area (Å²) in [4.78, 5) is 11.0. The SMILES string of the molecule is COc1ccc(CN(C)Cc2ccco2)c(OC)c1OC.O=C(O)C(F)(F)F. The van der Waals surface area contributed by atoms with E-state index in [2.05, 4.69) is 4.90 Å². The van der Waals surface area contributed by atoms with E-state index < -0.39 is 12.1 Å². The fraction of sp³-hybridized carbons (Fsp3) is 0.389. The number of alkyl halides is 3. The Morgan fingerprint density at radius 2 is 1.68 bits per heavy atom. The van der Waals surface area contributed by atoms with Crippen LogP contribution in [0, 0.1) is 0 Å². The number of methoxy groups -OCH3 is 3. The maximum Gasteiger partial charge on any atom is 0.490 e. The molecule has 2 rings (SSSR count). The molecule has 28 heavy (non-hydrogen) atoms. The van der Waals surface area contributed by atoms with Crippen molar-refractivity contribution >= 4 is 5.97 Å². The number of carboxylic acid groups (broad SMARTS) is 1. The van der Waals surface area contributed by atoms with Gasteiger partial charge in [0.05, 0.1) is 34.1 Å². The minimum atomic E-state index is -5.08. The zero-order valence-electron chi connectivity index (χ0n) is 15.9. The molecule has 0 aliphatic carbocycles. The van der Waals surface area contributed by atoms with E-state index >= 15 is 0 Å². The summed E-state index contributed by atoms with van der Waals surface area (Å²) in [5, 5.41) is 7.12. The highest BCUT2D eigenvalue weighted by atomic mass is 19.4. The molecule has 7 nitrogen and oxygen atoms in total. The van der Waals surface area contributed by atoms with Gasteiger partial charge in [0.1, 0.15) is 5.76 Å². The second-order valence-corrected chi connectivity index (χ2v) is 5.55. The van der Waals surface area contributed by atoms with Crippen LogP contribution in [0.15, 0.2) is 34.9 Å². The van der Waals surface area contributed by atoms with E-state index in [-0.39, 0.29) is 0 Å². The lowest BCUT2D eigenvalue weighted by Crippen LogP contribution is -2.21. The van der Waals surface area contributed by atoms with Crippen LogP contribution in [0.5, 0.6) is 17.2 Å². The molecular weight excluding hydrogens is 383 g/mol. The third-order valence-corrected chi connectivity index (χ3v) is 3.47. The van der Waals surface area contributed by atoms with Crippen LogP contribution < -0.4 is 14.2 Å². The molecular formula is C18H22F3NO6. The van der Waals surface area contributed by atoms with Crippen molar-refractivity contribution in [1.82, 2.24) is 4.90 Å². The maximum atomic E-state index is 10.6. The molecule has 0 bridgehead atoms. The smallest absolute Gasteiger partial charge is 0.490 e. The Balaban J connectivity index is 0.000000480. The molecule has 0 unspecified atom stereocenters. The highest BCUT2D eigenvalue weighted by molar-refractivity contribution is 5.73. The van der Waals surface area contributed by atoms with Crippen molar-refractivity contribution < 1.29 is 41.7 Å². The normalized spacial score (nSPS) is 10.9. The monoisotopic (exact) mass is 405 g/mol. The maximum absolute atomic E-state index is 10.6. The molecule has 0 radical (unpaired) electrons. The molecule has 1 N–H and O–H groups in total. The van der Waals surface area contributed by atoms with Gasteiger partial charge in [-0.15, -0.1) is 0 Å². The van der Waals surface area contributed by atoms with Gasteiger partial charge >= 0.3 is 12.1 Å². The van der Waals surface area contributed by atoms with Gasteiger partial charge in [0.25, 0.3) is 0 Å². The molecule has 0 amide bonds. The summed E-state index contributed by atoms with van der Waals surface area (Å²) in [6.45, 7) is 1.44. The Kier molecular flexibility index (Phi) is 8.65. The van der Waals surface area contributed by atoms with Crippen molar-refractivity contribution in [2.24, 2.45) is 0 Å². The lowest BCUT2D eigenvalue weighted by Gasteiger charge is -2.20. The van der Waals surface area contributed by atoms with Crippen LogP contribution in [-0.4, -0.2) is 50.5 Å². The number of aliphatic carboxylic acids is 1. The molecule has 0 aliphatic rings.